The zero-order chi connectivity index (χ0) is 13.8. The van der Waals surface area contributed by atoms with Crippen LogP contribution >= 0.6 is 11.6 Å². The molecule has 2 heterocycles. The van der Waals surface area contributed by atoms with E-state index in [1.165, 1.54) is 4.90 Å². The first-order valence-electron chi connectivity index (χ1n) is 5.64. The van der Waals surface area contributed by atoms with Crippen LogP contribution in [0, 0.1) is 0 Å². The van der Waals surface area contributed by atoms with Crippen LogP contribution in [0.1, 0.15) is 16.1 Å². The zero-order valence-electron chi connectivity index (χ0n) is 10.4. The third-order valence-electron chi connectivity index (χ3n) is 2.59. The molecule has 0 aliphatic heterocycles. The number of anilines is 1. The largest absolute Gasteiger partial charge is 0.384 e. The number of carbonyl (C=O) groups is 1. The highest BCUT2D eigenvalue weighted by Gasteiger charge is 2.17. The minimum atomic E-state index is -0.269. The van der Waals surface area contributed by atoms with Crippen molar-refractivity contribution in [1.29, 1.82) is 0 Å². The summed E-state index contributed by atoms with van der Waals surface area (Å²) in [6.45, 7) is 0.453. The highest BCUT2D eigenvalue weighted by Crippen LogP contribution is 2.17. The number of nitrogens with two attached hydrogens (primary N) is 1. The molecular weight excluding hydrogens is 264 g/mol. The van der Waals surface area contributed by atoms with Crippen LogP contribution < -0.4 is 5.73 Å². The van der Waals surface area contributed by atoms with E-state index in [1.807, 2.05) is 12.1 Å². The van der Waals surface area contributed by atoms with E-state index in [1.54, 1.807) is 31.6 Å². The van der Waals surface area contributed by atoms with Crippen molar-refractivity contribution in [1.82, 2.24) is 14.9 Å². The molecule has 2 N–H and O–H groups in total. The summed E-state index contributed by atoms with van der Waals surface area (Å²) in [4.78, 5) is 21.7. The summed E-state index contributed by atoms with van der Waals surface area (Å²) in [5, 5.41) is 0.292. The fourth-order valence-corrected chi connectivity index (χ4v) is 1.81. The van der Waals surface area contributed by atoms with E-state index in [2.05, 4.69) is 9.97 Å². The van der Waals surface area contributed by atoms with Gasteiger partial charge in [-0.3, -0.25) is 9.78 Å². The van der Waals surface area contributed by atoms with Crippen LogP contribution in [-0.4, -0.2) is 27.8 Å². The van der Waals surface area contributed by atoms with Crippen molar-refractivity contribution >= 4 is 23.3 Å². The molecular formula is C13H13ClN4O. The summed E-state index contributed by atoms with van der Waals surface area (Å²) < 4.78 is 0. The number of halogens is 1. The second kappa shape index (κ2) is 5.67. The molecule has 0 bridgehead atoms. The number of carbonyl (C=O) groups excluding carboxylic acids is 1. The second-order valence-corrected chi connectivity index (χ2v) is 4.49. The Balaban J connectivity index is 2.17. The lowest BCUT2D eigenvalue weighted by Gasteiger charge is -2.17. The summed E-state index contributed by atoms with van der Waals surface area (Å²) in [6.07, 6.45) is 3.36. The monoisotopic (exact) mass is 276 g/mol. The molecule has 2 aromatic rings. The average molecular weight is 277 g/mol. The van der Waals surface area contributed by atoms with Crippen molar-refractivity contribution in [3.63, 3.8) is 0 Å². The topological polar surface area (TPSA) is 72.1 Å². The van der Waals surface area contributed by atoms with Crippen LogP contribution in [0.5, 0.6) is 0 Å². The molecule has 0 aromatic carbocycles. The van der Waals surface area contributed by atoms with Crippen LogP contribution in [-0.2, 0) is 6.54 Å². The predicted molar refractivity (Wildman–Crippen MR) is 73.7 cm³/mol. The quantitative estimate of drug-likeness (QED) is 0.930. The third kappa shape index (κ3) is 3.20. The Hall–Kier alpha value is -2.14. The van der Waals surface area contributed by atoms with Crippen molar-refractivity contribution < 1.29 is 4.79 Å². The number of hydrogen-bond donors (Lipinski definition) is 1. The molecule has 5 nitrogen and oxygen atoms in total. The van der Waals surface area contributed by atoms with Gasteiger partial charge in [-0.1, -0.05) is 11.6 Å². The van der Waals surface area contributed by atoms with Crippen LogP contribution in [0.15, 0.2) is 36.7 Å². The number of nitrogen functional groups attached to an aromatic ring is 1. The Morgan fingerprint density at radius 2 is 2.00 bits per heavy atom. The Morgan fingerprint density at radius 3 is 2.68 bits per heavy atom. The first-order valence-corrected chi connectivity index (χ1v) is 6.02. The van der Waals surface area contributed by atoms with E-state index in [0.717, 1.165) is 5.56 Å². The Kier molecular flexibility index (Phi) is 3.97. The molecule has 0 unspecified atom stereocenters. The van der Waals surface area contributed by atoms with Crippen molar-refractivity contribution in [2.45, 2.75) is 6.54 Å². The summed E-state index contributed by atoms with van der Waals surface area (Å²) in [7, 11) is 1.68. The van der Waals surface area contributed by atoms with E-state index in [4.69, 9.17) is 17.3 Å². The Bertz CT molecular complexity index is 588. The van der Waals surface area contributed by atoms with Gasteiger partial charge >= 0.3 is 0 Å². The maximum absolute atomic E-state index is 12.2. The number of amides is 1. The second-order valence-electron chi connectivity index (χ2n) is 4.08. The van der Waals surface area contributed by atoms with Gasteiger partial charge in [0.25, 0.3) is 5.91 Å². The van der Waals surface area contributed by atoms with Crippen molar-refractivity contribution in [3.8, 4) is 0 Å². The molecule has 6 heteroatoms. The highest BCUT2D eigenvalue weighted by molar-refractivity contribution is 6.33. The van der Waals surface area contributed by atoms with Gasteiger partial charge in [0, 0.05) is 26.0 Å². The average Bonchev–Trinajstić information content (AvgIpc) is 2.42. The lowest BCUT2D eigenvalue weighted by molar-refractivity contribution is 0.0779. The van der Waals surface area contributed by atoms with Gasteiger partial charge in [-0.2, -0.15) is 0 Å². The maximum atomic E-state index is 12.2. The highest BCUT2D eigenvalue weighted by atomic mass is 35.5. The minimum absolute atomic E-state index is 0.165. The lowest BCUT2D eigenvalue weighted by atomic mass is 10.2. The fourth-order valence-electron chi connectivity index (χ4n) is 1.62. The van der Waals surface area contributed by atoms with Gasteiger partial charge in [-0.25, -0.2) is 4.98 Å². The molecule has 0 fully saturated rings. The number of hydrogen-bond acceptors (Lipinski definition) is 4. The molecule has 0 radical (unpaired) electrons. The normalized spacial score (nSPS) is 10.2. The smallest absolute Gasteiger partial charge is 0.274 e. The standard InChI is InChI=1S/C13H13ClN4O/c1-18(8-9-4-6-16-7-5-9)13(19)12-10(14)2-3-11(15)17-12/h2-7H,8H2,1H3,(H2,15,17). The summed E-state index contributed by atoms with van der Waals surface area (Å²) in [6, 6.07) is 6.82. The molecule has 19 heavy (non-hydrogen) atoms. The van der Waals surface area contributed by atoms with Gasteiger partial charge in [0.2, 0.25) is 0 Å². The Labute approximate surface area is 116 Å². The Morgan fingerprint density at radius 1 is 1.32 bits per heavy atom. The van der Waals surface area contributed by atoms with E-state index in [0.29, 0.717) is 11.6 Å². The van der Waals surface area contributed by atoms with Gasteiger partial charge in [0.05, 0.1) is 5.02 Å². The molecule has 2 rings (SSSR count). The van der Waals surface area contributed by atoms with E-state index >= 15 is 0 Å². The summed E-state index contributed by atoms with van der Waals surface area (Å²) in [5.41, 5.74) is 6.71. The number of rotatable bonds is 3. The minimum Gasteiger partial charge on any atom is -0.384 e. The summed E-state index contributed by atoms with van der Waals surface area (Å²) in [5.74, 6) is -0.000765. The van der Waals surface area contributed by atoms with Gasteiger partial charge < -0.3 is 10.6 Å². The first-order chi connectivity index (χ1) is 9.08. The predicted octanol–water partition coefficient (Wildman–Crippen LogP) is 1.98. The van der Waals surface area contributed by atoms with Crippen LogP contribution in [0.25, 0.3) is 0 Å². The van der Waals surface area contributed by atoms with E-state index < -0.39 is 0 Å². The molecule has 0 atom stereocenters. The number of aromatic nitrogens is 2. The molecule has 0 aliphatic rings. The van der Waals surface area contributed by atoms with E-state index in [9.17, 15) is 4.79 Å². The van der Waals surface area contributed by atoms with E-state index in [-0.39, 0.29) is 17.4 Å². The fraction of sp³-hybridized carbons (Fsp3) is 0.154. The van der Waals surface area contributed by atoms with Crippen molar-refractivity contribution in [2.75, 3.05) is 12.8 Å². The molecule has 98 valence electrons. The van der Waals surface area contributed by atoms with Gasteiger partial charge in [-0.15, -0.1) is 0 Å². The molecule has 0 spiro atoms. The van der Waals surface area contributed by atoms with Crippen LogP contribution in [0.2, 0.25) is 5.02 Å². The number of pyridine rings is 2. The van der Waals surface area contributed by atoms with Gasteiger partial charge in [0.15, 0.2) is 0 Å². The molecule has 1 amide bonds. The van der Waals surface area contributed by atoms with Gasteiger partial charge in [-0.05, 0) is 29.8 Å². The number of nitrogens with zero attached hydrogens (tertiary/aromatic N) is 3. The van der Waals surface area contributed by atoms with Gasteiger partial charge in [0.1, 0.15) is 11.5 Å². The molecule has 2 aromatic heterocycles. The zero-order valence-corrected chi connectivity index (χ0v) is 11.1. The third-order valence-corrected chi connectivity index (χ3v) is 2.89. The molecule has 0 aliphatic carbocycles. The van der Waals surface area contributed by atoms with Crippen molar-refractivity contribution in [2.24, 2.45) is 0 Å². The first kappa shape index (κ1) is 13.3. The molecule has 0 saturated carbocycles. The summed E-state index contributed by atoms with van der Waals surface area (Å²) >= 11 is 5.96. The van der Waals surface area contributed by atoms with Crippen molar-refractivity contribution in [3.05, 3.63) is 52.9 Å². The van der Waals surface area contributed by atoms with Crippen LogP contribution in [0.4, 0.5) is 5.82 Å². The maximum Gasteiger partial charge on any atom is 0.274 e. The SMILES string of the molecule is CN(Cc1ccncc1)C(=O)c1nc(N)ccc1Cl. The lowest BCUT2D eigenvalue weighted by Crippen LogP contribution is -2.27. The molecule has 0 saturated heterocycles. The van der Waals surface area contributed by atoms with Crippen LogP contribution in [0.3, 0.4) is 0 Å².